The van der Waals surface area contributed by atoms with E-state index in [0.717, 1.165) is 39.5 Å². The molecule has 1 aliphatic heterocycles. The van der Waals surface area contributed by atoms with Crippen molar-refractivity contribution in [2.24, 2.45) is 0 Å². The van der Waals surface area contributed by atoms with Gasteiger partial charge < -0.3 is 14.2 Å². The van der Waals surface area contributed by atoms with Crippen LogP contribution in [0.4, 0.5) is 8.78 Å². The van der Waals surface area contributed by atoms with Crippen molar-refractivity contribution in [2.45, 2.75) is 64.1 Å². The zero-order valence-corrected chi connectivity index (χ0v) is 21.9. The lowest BCUT2D eigenvalue weighted by Crippen LogP contribution is -2.40. The number of carbonyl (C=O) groups is 1. The van der Waals surface area contributed by atoms with Crippen LogP contribution in [0.25, 0.3) is 0 Å². The summed E-state index contributed by atoms with van der Waals surface area (Å²) in [6.45, 7) is 1.93. The molecule has 3 unspecified atom stereocenters. The molecule has 3 aromatic rings. The van der Waals surface area contributed by atoms with Crippen molar-refractivity contribution in [3.05, 3.63) is 84.4 Å². The van der Waals surface area contributed by atoms with Gasteiger partial charge in [-0.2, -0.15) is 17.2 Å². The summed E-state index contributed by atoms with van der Waals surface area (Å²) in [5.74, 6) is -3.49. The first-order valence-electron chi connectivity index (χ1n) is 11.9. The molecule has 1 saturated carbocycles. The van der Waals surface area contributed by atoms with Gasteiger partial charge in [-0.25, -0.2) is 4.79 Å². The fourth-order valence-electron chi connectivity index (χ4n) is 4.68. The molecule has 1 aliphatic carbocycles. The van der Waals surface area contributed by atoms with Crippen molar-refractivity contribution in [2.75, 3.05) is 0 Å². The summed E-state index contributed by atoms with van der Waals surface area (Å²) in [5, 5.41) is -5.08. The average molecular weight is 564 g/mol. The third-order valence-electron chi connectivity index (χ3n) is 6.57. The number of ether oxygens (including phenoxy) is 3. The van der Waals surface area contributed by atoms with Crippen molar-refractivity contribution in [3.63, 3.8) is 0 Å². The molecule has 38 heavy (non-hydrogen) atoms. The van der Waals surface area contributed by atoms with Gasteiger partial charge in [0.05, 0.1) is 23.1 Å². The molecule has 0 amide bonds. The van der Waals surface area contributed by atoms with Crippen molar-refractivity contribution < 1.29 is 40.8 Å². The van der Waals surface area contributed by atoms with Crippen LogP contribution >= 0.6 is 0 Å². The first-order chi connectivity index (χ1) is 18.0. The van der Waals surface area contributed by atoms with Crippen LogP contribution in [-0.2, 0) is 41.1 Å². The van der Waals surface area contributed by atoms with Gasteiger partial charge in [0.25, 0.3) is 0 Å². The predicted molar refractivity (Wildman–Crippen MR) is 135 cm³/mol. The zero-order valence-electron chi connectivity index (χ0n) is 20.3. The highest BCUT2D eigenvalue weighted by atomic mass is 32.2. The molecule has 7 nitrogen and oxygen atoms in total. The minimum atomic E-state index is -5.96. The minimum Gasteiger partial charge on any atom is -0.421 e. The maximum atomic E-state index is 13.6. The van der Waals surface area contributed by atoms with Crippen molar-refractivity contribution in [1.29, 1.82) is 0 Å². The van der Waals surface area contributed by atoms with Gasteiger partial charge in [0.15, 0.2) is 20.5 Å². The van der Waals surface area contributed by atoms with Crippen LogP contribution < -0.4 is 4.74 Å². The Morgan fingerprint density at radius 3 is 1.95 bits per heavy atom. The molecule has 0 spiro atoms. The third kappa shape index (κ3) is 5.08. The summed E-state index contributed by atoms with van der Waals surface area (Å²) in [4.78, 5) is 14.4. The maximum absolute atomic E-state index is 13.6. The van der Waals surface area contributed by atoms with Crippen molar-refractivity contribution in [3.8, 4) is 5.75 Å². The Balaban J connectivity index is 1.41. The highest BCUT2D eigenvalue weighted by Gasteiger charge is 2.54. The topological polar surface area (TPSA) is 99.1 Å². The quantitative estimate of drug-likeness (QED) is 0.180. The third-order valence-corrected chi connectivity index (χ3v) is 9.61. The molecule has 1 saturated heterocycles. The Hall–Kier alpha value is -2.83. The van der Waals surface area contributed by atoms with E-state index in [9.17, 15) is 22.0 Å². The lowest BCUT2D eigenvalue weighted by atomic mass is 10.1. The number of carbonyl (C=O) groups excluding carboxylic acids is 1. The fourth-order valence-corrected chi connectivity index (χ4v) is 6.99. The molecule has 1 heterocycles. The minimum absolute atomic E-state index is 0.115. The van der Waals surface area contributed by atoms with E-state index in [-0.39, 0.29) is 18.0 Å². The van der Waals surface area contributed by atoms with E-state index >= 15 is 0 Å². The van der Waals surface area contributed by atoms with E-state index < -0.39 is 38.0 Å². The summed E-state index contributed by atoms with van der Waals surface area (Å²) in [7, 11) is -6.56. The molecule has 200 valence electrons. The second-order valence-electron chi connectivity index (χ2n) is 9.19. The number of esters is 1. The highest BCUT2D eigenvalue weighted by Crippen LogP contribution is 2.44. The van der Waals surface area contributed by atoms with Crippen LogP contribution in [0.15, 0.2) is 93.5 Å². The Morgan fingerprint density at radius 2 is 1.42 bits per heavy atom. The molecule has 3 aromatic carbocycles. The lowest BCUT2D eigenvalue weighted by molar-refractivity contribution is -0.174. The van der Waals surface area contributed by atoms with Crippen LogP contribution in [0.3, 0.4) is 0 Å². The number of fused-ring (bicyclic) bond motifs is 1. The Morgan fingerprint density at radius 1 is 0.921 bits per heavy atom. The second-order valence-corrected chi connectivity index (χ2v) is 12.7. The number of benzene rings is 3. The summed E-state index contributed by atoms with van der Waals surface area (Å²) >= 11 is 0. The monoisotopic (exact) mass is 563 g/mol. The molecule has 11 heteroatoms. The van der Waals surface area contributed by atoms with Crippen LogP contribution in [-0.4, -0.2) is 36.4 Å². The molecule has 0 bridgehead atoms. The maximum Gasteiger partial charge on any atom is 0.466 e. The number of hydrogen-bond donors (Lipinski definition) is 1. The first-order valence-corrected chi connectivity index (χ1v) is 14.6. The van der Waals surface area contributed by atoms with Crippen LogP contribution in [0.5, 0.6) is 5.75 Å². The number of alkyl halides is 2. The normalized spacial score (nSPS) is 24.1. The molecule has 2 aliphatic rings. The van der Waals surface area contributed by atoms with E-state index in [0.29, 0.717) is 0 Å². The van der Waals surface area contributed by atoms with Gasteiger partial charge in [0, 0.05) is 5.56 Å². The highest BCUT2D eigenvalue weighted by molar-refractivity contribution is 7.97. The first kappa shape index (κ1) is 26.8. The van der Waals surface area contributed by atoms with Crippen LogP contribution in [0, 0.1) is 0 Å². The fraction of sp³-hybridized carbons (Fsp3) is 0.296. The number of halogens is 2. The van der Waals surface area contributed by atoms with Gasteiger partial charge in [-0.15, -0.1) is 0 Å². The van der Waals surface area contributed by atoms with Gasteiger partial charge >= 0.3 is 21.3 Å². The van der Waals surface area contributed by atoms with Gasteiger partial charge in [-0.3, -0.25) is 4.55 Å². The van der Waals surface area contributed by atoms with Crippen LogP contribution in [0.1, 0.15) is 31.7 Å². The molecular weight excluding hydrogens is 538 g/mol. The van der Waals surface area contributed by atoms with Crippen molar-refractivity contribution >= 4 is 27.0 Å². The summed E-state index contributed by atoms with van der Waals surface area (Å²) in [6.07, 6.45) is 3.32. The number of rotatable bonds is 7. The van der Waals surface area contributed by atoms with Crippen LogP contribution in [0.2, 0.25) is 0 Å². The van der Waals surface area contributed by atoms with E-state index in [2.05, 4.69) is 4.74 Å². The van der Waals surface area contributed by atoms with Crippen molar-refractivity contribution in [1.82, 2.24) is 0 Å². The van der Waals surface area contributed by atoms with E-state index in [1.165, 1.54) is 12.1 Å². The summed E-state index contributed by atoms with van der Waals surface area (Å²) in [5.41, 5.74) is 0.911. The summed E-state index contributed by atoms with van der Waals surface area (Å²) < 4.78 is 74.4. The van der Waals surface area contributed by atoms with Gasteiger partial charge in [-0.1, -0.05) is 18.2 Å². The molecule has 2 fully saturated rings. The molecule has 3 atom stereocenters. The van der Waals surface area contributed by atoms with Gasteiger partial charge in [0.1, 0.15) is 5.75 Å². The standard InChI is InChI=1S/C27H24F2O7S2/c1-26(35-23-8-5-9-24(23)36-26)18-10-14-21(15-11-18)37(20-6-3-2-4-7-20)22-16-12-19(13-17-22)34-25(30)27(28,29)38(31,32)33/h2-4,6-7,10-17,23-24H,5,8-9H2,1H3/p+1. The van der Waals surface area contributed by atoms with E-state index in [1.54, 1.807) is 12.1 Å². The Bertz CT molecular complexity index is 1400. The average Bonchev–Trinajstić information content (AvgIpc) is 3.45. The predicted octanol–water partition coefficient (Wildman–Crippen LogP) is 5.31. The summed E-state index contributed by atoms with van der Waals surface area (Å²) in [6, 6.07) is 23.5. The van der Waals surface area contributed by atoms with E-state index in [1.807, 2.05) is 61.5 Å². The molecular formula is C27H25F2O7S2+. The van der Waals surface area contributed by atoms with Gasteiger partial charge in [0.2, 0.25) is 0 Å². The van der Waals surface area contributed by atoms with E-state index in [4.69, 9.17) is 14.0 Å². The molecule has 0 radical (unpaired) electrons. The van der Waals surface area contributed by atoms with Gasteiger partial charge in [-0.05, 0) is 86.8 Å². The SMILES string of the molecule is CC1(c2ccc([S+](c3ccccc3)c3ccc(OC(=O)C(F)(F)S(=O)(=O)O)cc3)cc2)OC2CCCC2O1. The lowest BCUT2D eigenvalue weighted by Gasteiger charge is -2.25. The molecule has 5 rings (SSSR count). The molecule has 0 aromatic heterocycles. The second kappa shape index (κ2) is 10.0. The largest absolute Gasteiger partial charge is 0.466 e. The Labute approximate surface area is 221 Å². The number of hydrogen-bond acceptors (Lipinski definition) is 6. The zero-order chi connectivity index (χ0) is 27.1. The molecule has 1 N–H and O–H groups in total. The Kier molecular flexibility index (Phi) is 7.08. The smallest absolute Gasteiger partial charge is 0.421 e.